The van der Waals surface area contributed by atoms with E-state index in [0.29, 0.717) is 0 Å². The second-order valence-electron chi connectivity index (χ2n) is 8.94. The summed E-state index contributed by atoms with van der Waals surface area (Å²) >= 11 is 1.78. The summed E-state index contributed by atoms with van der Waals surface area (Å²) in [6.07, 6.45) is 0.788. The lowest BCUT2D eigenvalue weighted by Crippen LogP contribution is -2.48. The van der Waals surface area contributed by atoms with Gasteiger partial charge in [0.2, 0.25) is 0 Å². The first-order valence-corrected chi connectivity index (χ1v) is 12.5. The number of thiazole rings is 1. The normalized spacial score (nSPS) is 16.6. The Morgan fingerprint density at radius 3 is 2.71 bits per heavy atom. The molecule has 4 aromatic rings. The molecule has 1 aliphatic rings. The molecule has 1 aromatic heterocycles. The smallest absolute Gasteiger partial charge is 0.186 e. The van der Waals surface area contributed by atoms with Gasteiger partial charge in [0.1, 0.15) is 12.4 Å². The second-order valence-corrected chi connectivity index (χ2v) is 9.95. The lowest BCUT2D eigenvalue weighted by Gasteiger charge is -2.41. The summed E-state index contributed by atoms with van der Waals surface area (Å²) in [5.74, 6) is 0.752. The molecular formula is C28H29N3O2S. The van der Waals surface area contributed by atoms with Gasteiger partial charge < -0.3 is 9.64 Å². The van der Waals surface area contributed by atoms with Crippen LogP contribution in [0.3, 0.4) is 0 Å². The minimum Gasteiger partial charge on any atom is -0.486 e. The third-order valence-corrected chi connectivity index (χ3v) is 7.37. The van der Waals surface area contributed by atoms with Crippen LogP contribution < -0.4 is 9.64 Å². The summed E-state index contributed by atoms with van der Waals surface area (Å²) in [5, 5.41) is 1.10. The van der Waals surface area contributed by atoms with E-state index < -0.39 is 0 Å². The molecule has 0 radical (unpaired) electrons. The molecular weight excluding hydrogens is 442 g/mol. The van der Waals surface area contributed by atoms with Gasteiger partial charge in [-0.15, -0.1) is 0 Å². The molecule has 0 aliphatic carbocycles. The lowest BCUT2D eigenvalue weighted by molar-refractivity contribution is -0.109. The Bertz CT molecular complexity index is 1290. The maximum atomic E-state index is 10.7. The Labute approximate surface area is 204 Å². The quantitative estimate of drug-likeness (QED) is 0.331. The summed E-state index contributed by atoms with van der Waals surface area (Å²) in [5.41, 5.74) is 5.99. The molecule has 0 saturated carbocycles. The first-order valence-electron chi connectivity index (χ1n) is 11.7. The number of aryl methyl sites for hydroxylation is 2. The summed E-state index contributed by atoms with van der Waals surface area (Å²) in [6.45, 7) is 7.86. The summed E-state index contributed by atoms with van der Waals surface area (Å²) in [6, 6.07) is 23.7. The van der Waals surface area contributed by atoms with Gasteiger partial charge in [-0.1, -0.05) is 53.8 Å². The third kappa shape index (κ3) is 4.98. The van der Waals surface area contributed by atoms with Crippen LogP contribution in [0, 0.1) is 13.8 Å². The first-order chi connectivity index (χ1) is 16.6. The Balaban J connectivity index is 1.41. The van der Waals surface area contributed by atoms with E-state index in [-0.39, 0.29) is 12.6 Å². The van der Waals surface area contributed by atoms with Crippen molar-refractivity contribution < 1.29 is 9.53 Å². The van der Waals surface area contributed by atoms with Crippen LogP contribution >= 0.6 is 11.3 Å². The molecule has 34 heavy (non-hydrogen) atoms. The van der Waals surface area contributed by atoms with E-state index in [1.165, 1.54) is 21.4 Å². The van der Waals surface area contributed by atoms with E-state index in [0.717, 1.165) is 54.4 Å². The van der Waals surface area contributed by atoms with Crippen molar-refractivity contribution in [3.63, 3.8) is 0 Å². The molecule has 0 bridgehead atoms. The predicted molar refractivity (Wildman–Crippen MR) is 139 cm³/mol. The molecule has 174 valence electrons. The highest BCUT2D eigenvalue weighted by atomic mass is 32.1. The molecule has 3 aromatic carbocycles. The highest BCUT2D eigenvalue weighted by Gasteiger charge is 2.30. The van der Waals surface area contributed by atoms with Crippen molar-refractivity contribution in [3.05, 3.63) is 89.0 Å². The Kier molecular flexibility index (Phi) is 6.61. The van der Waals surface area contributed by atoms with E-state index in [2.05, 4.69) is 84.3 Å². The number of carbonyl (C=O) groups excluding carboxylic acids is 1. The third-order valence-electron chi connectivity index (χ3n) is 6.29. The zero-order valence-electron chi connectivity index (χ0n) is 19.6. The van der Waals surface area contributed by atoms with E-state index >= 15 is 0 Å². The number of rotatable bonds is 7. The second kappa shape index (κ2) is 9.95. The van der Waals surface area contributed by atoms with Gasteiger partial charge in [-0.2, -0.15) is 0 Å². The van der Waals surface area contributed by atoms with E-state index in [4.69, 9.17) is 9.72 Å². The number of fused-ring (bicyclic) bond motifs is 1. The van der Waals surface area contributed by atoms with Crippen LogP contribution in [0.5, 0.6) is 5.75 Å². The summed E-state index contributed by atoms with van der Waals surface area (Å²) in [7, 11) is 0. The fraction of sp³-hybridized carbons (Fsp3) is 0.286. The molecule has 5 rings (SSSR count). The molecule has 0 amide bonds. The molecule has 6 heteroatoms. The zero-order chi connectivity index (χ0) is 23.5. The highest BCUT2D eigenvalue weighted by molar-refractivity contribution is 7.22. The van der Waals surface area contributed by atoms with Crippen LogP contribution in [-0.2, 0) is 11.3 Å². The van der Waals surface area contributed by atoms with Crippen LogP contribution in [0.15, 0.2) is 66.7 Å². The number of nitrogens with zero attached hydrogens (tertiary/aromatic N) is 3. The van der Waals surface area contributed by atoms with Gasteiger partial charge in [-0.3, -0.25) is 9.69 Å². The van der Waals surface area contributed by atoms with Crippen LogP contribution in [0.1, 0.15) is 28.3 Å². The fourth-order valence-corrected chi connectivity index (χ4v) is 5.79. The van der Waals surface area contributed by atoms with Gasteiger partial charge in [0.25, 0.3) is 0 Å². The van der Waals surface area contributed by atoms with Gasteiger partial charge >= 0.3 is 0 Å². The number of benzene rings is 3. The van der Waals surface area contributed by atoms with Crippen molar-refractivity contribution in [1.82, 2.24) is 9.88 Å². The molecule has 1 unspecified atom stereocenters. The van der Waals surface area contributed by atoms with Gasteiger partial charge in [0.05, 0.1) is 16.3 Å². The van der Waals surface area contributed by atoms with Gasteiger partial charge in [0, 0.05) is 26.2 Å². The minimum atomic E-state index is 0.0793. The van der Waals surface area contributed by atoms with Crippen LogP contribution in [-0.4, -0.2) is 42.4 Å². The van der Waals surface area contributed by atoms with Crippen molar-refractivity contribution in [1.29, 1.82) is 0 Å². The SMILES string of the molecule is Cc1cc(CN2CCN(c3nc4ccc(C)cc4s3)CC2c2ccccc2)cc(OCC=O)c1. The lowest BCUT2D eigenvalue weighted by atomic mass is 10.0. The Morgan fingerprint density at radius 1 is 1.03 bits per heavy atom. The fourth-order valence-electron chi connectivity index (χ4n) is 4.69. The summed E-state index contributed by atoms with van der Waals surface area (Å²) in [4.78, 5) is 20.7. The molecule has 1 atom stereocenters. The molecule has 0 N–H and O–H groups in total. The van der Waals surface area contributed by atoms with Gasteiger partial charge in [-0.25, -0.2) is 4.98 Å². The van der Waals surface area contributed by atoms with Crippen molar-refractivity contribution >= 4 is 33.0 Å². The molecule has 2 heterocycles. The van der Waals surface area contributed by atoms with Crippen LogP contribution in [0.4, 0.5) is 5.13 Å². The zero-order valence-corrected chi connectivity index (χ0v) is 20.4. The number of anilines is 1. The van der Waals surface area contributed by atoms with Crippen molar-refractivity contribution in [2.45, 2.75) is 26.4 Å². The Morgan fingerprint density at radius 2 is 1.88 bits per heavy atom. The van der Waals surface area contributed by atoms with Crippen LogP contribution in [0.25, 0.3) is 10.2 Å². The molecule has 1 saturated heterocycles. The van der Waals surface area contributed by atoms with Crippen LogP contribution in [0.2, 0.25) is 0 Å². The molecule has 1 aliphatic heterocycles. The predicted octanol–water partition coefficient (Wildman–Crippen LogP) is 5.55. The van der Waals surface area contributed by atoms with Gasteiger partial charge in [0.15, 0.2) is 11.4 Å². The highest BCUT2D eigenvalue weighted by Crippen LogP contribution is 2.35. The van der Waals surface area contributed by atoms with E-state index in [1.54, 1.807) is 11.3 Å². The average Bonchev–Trinajstić information content (AvgIpc) is 3.26. The van der Waals surface area contributed by atoms with E-state index in [1.807, 2.05) is 6.07 Å². The number of aromatic nitrogens is 1. The number of piperazine rings is 1. The average molecular weight is 472 g/mol. The Hall–Kier alpha value is -3.22. The largest absolute Gasteiger partial charge is 0.486 e. The van der Waals surface area contributed by atoms with Crippen molar-refractivity contribution in [2.24, 2.45) is 0 Å². The van der Waals surface area contributed by atoms with E-state index in [9.17, 15) is 4.79 Å². The number of ether oxygens (including phenoxy) is 1. The maximum absolute atomic E-state index is 10.7. The molecule has 5 nitrogen and oxygen atoms in total. The molecule has 1 fully saturated rings. The monoisotopic (exact) mass is 471 g/mol. The van der Waals surface area contributed by atoms with Crippen molar-refractivity contribution in [2.75, 3.05) is 31.1 Å². The van der Waals surface area contributed by atoms with Gasteiger partial charge in [-0.05, 0) is 60.4 Å². The molecule has 0 spiro atoms. The number of hydrogen-bond acceptors (Lipinski definition) is 6. The number of aldehydes is 1. The number of hydrogen-bond donors (Lipinski definition) is 0. The number of carbonyl (C=O) groups is 1. The topological polar surface area (TPSA) is 45.7 Å². The minimum absolute atomic E-state index is 0.0793. The maximum Gasteiger partial charge on any atom is 0.186 e. The van der Waals surface area contributed by atoms with Crippen molar-refractivity contribution in [3.8, 4) is 5.75 Å². The first kappa shape index (κ1) is 22.6. The standard InChI is InChI=1S/C28H29N3O2S/c1-20-8-9-25-27(16-20)34-28(29-25)31-11-10-30(26(19-31)23-6-4-3-5-7-23)18-22-14-21(2)15-24(17-22)33-13-12-32/h3-9,12,14-17,26H,10-11,13,18-19H2,1-2H3. The summed E-state index contributed by atoms with van der Waals surface area (Å²) < 4.78 is 6.83.